The molecular weight excluding hydrogens is 164 g/mol. The van der Waals surface area contributed by atoms with Gasteiger partial charge < -0.3 is 10.1 Å². The summed E-state index contributed by atoms with van der Waals surface area (Å²) in [5.74, 6) is 0. The highest BCUT2D eigenvalue weighted by Gasteiger charge is 2.03. The average molecular weight is 180 g/mol. The normalized spacial score (nSPS) is 10.2. The zero-order valence-corrected chi connectivity index (χ0v) is 8.33. The fraction of sp³-hybridized carbons (Fsp3) is 0.400. The van der Waals surface area contributed by atoms with E-state index in [-0.39, 0.29) is 0 Å². The van der Waals surface area contributed by atoms with Gasteiger partial charge in [0, 0.05) is 26.3 Å². The summed E-state index contributed by atoms with van der Waals surface area (Å²) in [6, 6.07) is 6.19. The summed E-state index contributed by atoms with van der Waals surface area (Å²) in [5.41, 5.74) is 5.62. The Morgan fingerprint density at radius 1 is 1.38 bits per heavy atom. The van der Waals surface area contributed by atoms with Gasteiger partial charge in [-0.1, -0.05) is 17.7 Å². The van der Waals surface area contributed by atoms with E-state index >= 15 is 0 Å². The molecule has 2 N–H and O–H groups in total. The molecule has 0 saturated heterocycles. The molecule has 3 heteroatoms. The van der Waals surface area contributed by atoms with E-state index in [9.17, 15) is 0 Å². The van der Waals surface area contributed by atoms with Gasteiger partial charge in [0.05, 0.1) is 0 Å². The van der Waals surface area contributed by atoms with Gasteiger partial charge >= 0.3 is 0 Å². The Bertz CT molecular complexity index is 284. The van der Waals surface area contributed by atoms with Crippen LogP contribution in [0.15, 0.2) is 18.2 Å². The Hall–Kier alpha value is -1.06. The van der Waals surface area contributed by atoms with E-state index in [1.807, 2.05) is 25.9 Å². The highest BCUT2D eigenvalue weighted by Crippen LogP contribution is 2.19. The minimum atomic E-state index is 0.481. The maximum absolute atomic E-state index is 8.65. The Kier molecular flexibility index (Phi) is 3.28. The van der Waals surface area contributed by atoms with Crippen LogP contribution in [0.1, 0.15) is 11.1 Å². The van der Waals surface area contributed by atoms with Gasteiger partial charge in [0.1, 0.15) is 0 Å². The first kappa shape index (κ1) is 10.0. The number of anilines is 1. The predicted octanol–water partition coefficient (Wildman–Crippen LogP) is 1.54. The summed E-state index contributed by atoms with van der Waals surface area (Å²) in [5, 5.41) is 8.65. The molecule has 1 aromatic carbocycles. The highest BCUT2D eigenvalue weighted by atomic mass is 16.5. The molecule has 0 saturated carbocycles. The third kappa shape index (κ3) is 2.44. The molecule has 0 aliphatic carbocycles. The smallest absolute Gasteiger partial charge is 0.0478 e. The molecule has 0 amide bonds. The first-order valence-corrected chi connectivity index (χ1v) is 4.29. The molecule has 0 spiro atoms. The van der Waals surface area contributed by atoms with E-state index in [4.69, 9.17) is 5.21 Å². The number of hydroxylamine groups is 1. The summed E-state index contributed by atoms with van der Waals surface area (Å²) < 4.78 is 0. The van der Waals surface area contributed by atoms with Crippen LogP contribution in [0, 0.1) is 6.92 Å². The van der Waals surface area contributed by atoms with Gasteiger partial charge in [-0.2, -0.15) is 0 Å². The minimum absolute atomic E-state index is 0.481. The second-order valence-electron chi connectivity index (χ2n) is 3.36. The summed E-state index contributed by atoms with van der Waals surface area (Å²) >= 11 is 0. The van der Waals surface area contributed by atoms with Crippen molar-refractivity contribution in [1.82, 2.24) is 5.48 Å². The quantitative estimate of drug-likeness (QED) is 0.693. The molecule has 0 heterocycles. The van der Waals surface area contributed by atoms with Crippen molar-refractivity contribution < 1.29 is 5.21 Å². The SMILES string of the molecule is Cc1ccc(N(C)C)c(CNO)c1. The standard InChI is InChI=1S/C10H16N2O/c1-8-4-5-10(12(2)3)9(6-8)7-11-13/h4-6,11,13H,7H2,1-3H3. The number of nitrogens with zero attached hydrogens (tertiary/aromatic N) is 1. The summed E-state index contributed by atoms with van der Waals surface area (Å²) in [6.07, 6.45) is 0. The first-order valence-electron chi connectivity index (χ1n) is 4.29. The van der Waals surface area contributed by atoms with Gasteiger partial charge in [-0.15, -0.1) is 0 Å². The number of hydrogen-bond donors (Lipinski definition) is 2. The lowest BCUT2D eigenvalue weighted by atomic mass is 10.1. The molecule has 0 atom stereocenters. The molecule has 0 unspecified atom stereocenters. The topological polar surface area (TPSA) is 35.5 Å². The van der Waals surface area contributed by atoms with Gasteiger partial charge in [-0.25, -0.2) is 5.48 Å². The van der Waals surface area contributed by atoms with E-state index in [1.165, 1.54) is 5.56 Å². The lowest BCUT2D eigenvalue weighted by Gasteiger charge is -2.17. The van der Waals surface area contributed by atoms with E-state index in [0.29, 0.717) is 6.54 Å². The Morgan fingerprint density at radius 2 is 2.08 bits per heavy atom. The predicted molar refractivity (Wildman–Crippen MR) is 54.1 cm³/mol. The van der Waals surface area contributed by atoms with Crippen molar-refractivity contribution >= 4 is 5.69 Å². The van der Waals surface area contributed by atoms with Crippen LogP contribution < -0.4 is 10.4 Å². The molecule has 1 rings (SSSR count). The zero-order chi connectivity index (χ0) is 9.84. The van der Waals surface area contributed by atoms with Crippen LogP contribution in [-0.4, -0.2) is 19.3 Å². The van der Waals surface area contributed by atoms with E-state index in [1.54, 1.807) is 0 Å². The molecule has 13 heavy (non-hydrogen) atoms. The van der Waals surface area contributed by atoms with Crippen molar-refractivity contribution in [2.75, 3.05) is 19.0 Å². The molecule has 3 nitrogen and oxygen atoms in total. The second-order valence-corrected chi connectivity index (χ2v) is 3.36. The Morgan fingerprint density at radius 3 is 2.62 bits per heavy atom. The summed E-state index contributed by atoms with van der Waals surface area (Å²) in [4.78, 5) is 2.03. The van der Waals surface area contributed by atoms with Crippen LogP contribution in [0.3, 0.4) is 0 Å². The Labute approximate surface area is 78.9 Å². The number of aryl methyl sites for hydroxylation is 1. The van der Waals surface area contributed by atoms with Crippen LogP contribution in [0.4, 0.5) is 5.69 Å². The van der Waals surface area contributed by atoms with Crippen molar-refractivity contribution in [3.8, 4) is 0 Å². The lowest BCUT2D eigenvalue weighted by molar-refractivity contribution is 0.161. The maximum Gasteiger partial charge on any atom is 0.0478 e. The van der Waals surface area contributed by atoms with Crippen molar-refractivity contribution in [3.63, 3.8) is 0 Å². The van der Waals surface area contributed by atoms with E-state index in [0.717, 1.165) is 11.3 Å². The average Bonchev–Trinajstić information content (AvgIpc) is 2.04. The number of rotatable bonds is 3. The van der Waals surface area contributed by atoms with Crippen molar-refractivity contribution in [2.24, 2.45) is 0 Å². The number of benzene rings is 1. The molecule has 72 valence electrons. The Balaban J connectivity index is 3.03. The van der Waals surface area contributed by atoms with Crippen molar-refractivity contribution in [1.29, 1.82) is 0 Å². The van der Waals surface area contributed by atoms with Crippen molar-refractivity contribution in [2.45, 2.75) is 13.5 Å². The highest BCUT2D eigenvalue weighted by molar-refractivity contribution is 5.53. The largest absolute Gasteiger partial charge is 0.377 e. The van der Waals surface area contributed by atoms with Crippen molar-refractivity contribution in [3.05, 3.63) is 29.3 Å². The third-order valence-electron chi connectivity index (χ3n) is 1.99. The number of nitrogens with one attached hydrogen (secondary N) is 1. The van der Waals surface area contributed by atoms with Crippen LogP contribution >= 0.6 is 0 Å². The van der Waals surface area contributed by atoms with Gasteiger partial charge in [0.25, 0.3) is 0 Å². The lowest BCUT2D eigenvalue weighted by Crippen LogP contribution is -2.15. The van der Waals surface area contributed by atoms with E-state index in [2.05, 4.69) is 23.7 Å². The molecule has 0 bridgehead atoms. The first-order chi connectivity index (χ1) is 6.15. The van der Waals surface area contributed by atoms with Crippen LogP contribution in [0.5, 0.6) is 0 Å². The van der Waals surface area contributed by atoms with Gasteiger partial charge in [-0.3, -0.25) is 0 Å². The third-order valence-corrected chi connectivity index (χ3v) is 1.99. The van der Waals surface area contributed by atoms with E-state index < -0.39 is 0 Å². The fourth-order valence-corrected chi connectivity index (χ4v) is 1.38. The molecule has 0 aliphatic heterocycles. The van der Waals surface area contributed by atoms with Gasteiger partial charge in [0.15, 0.2) is 0 Å². The second kappa shape index (κ2) is 4.25. The van der Waals surface area contributed by atoms with Gasteiger partial charge in [0.2, 0.25) is 0 Å². The van der Waals surface area contributed by atoms with Crippen LogP contribution in [0.2, 0.25) is 0 Å². The van der Waals surface area contributed by atoms with Crippen LogP contribution in [-0.2, 0) is 6.54 Å². The molecule has 0 fully saturated rings. The summed E-state index contributed by atoms with van der Waals surface area (Å²) in [7, 11) is 3.98. The minimum Gasteiger partial charge on any atom is -0.377 e. The zero-order valence-electron chi connectivity index (χ0n) is 8.33. The maximum atomic E-state index is 8.65. The molecule has 0 aliphatic rings. The molecule has 1 aromatic rings. The number of hydrogen-bond acceptors (Lipinski definition) is 3. The van der Waals surface area contributed by atoms with Gasteiger partial charge in [-0.05, 0) is 18.6 Å². The van der Waals surface area contributed by atoms with Crippen LogP contribution in [0.25, 0.3) is 0 Å². The molecule has 0 radical (unpaired) electrons. The summed E-state index contributed by atoms with van der Waals surface area (Å²) in [6.45, 7) is 2.52. The molecular formula is C10H16N2O. The molecule has 0 aromatic heterocycles. The monoisotopic (exact) mass is 180 g/mol. The fourth-order valence-electron chi connectivity index (χ4n) is 1.38.